The molecule has 0 radical (unpaired) electrons. The summed E-state index contributed by atoms with van der Waals surface area (Å²) in [5.74, 6) is 0. The van der Waals surface area contributed by atoms with Crippen molar-refractivity contribution in [2.24, 2.45) is 0 Å². The van der Waals surface area contributed by atoms with Crippen LogP contribution in [0.4, 0.5) is 13.2 Å². The van der Waals surface area contributed by atoms with E-state index in [1.807, 2.05) is 0 Å². The van der Waals surface area contributed by atoms with Gasteiger partial charge in [0.2, 0.25) is 0 Å². The number of aromatic nitrogens is 1. The molecule has 2 rings (SSSR count). The van der Waals surface area contributed by atoms with E-state index in [1.54, 1.807) is 0 Å². The van der Waals surface area contributed by atoms with Crippen LogP contribution < -0.4 is 0 Å². The van der Waals surface area contributed by atoms with Crippen molar-refractivity contribution in [3.8, 4) is 0 Å². The van der Waals surface area contributed by atoms with Gasteiger partial charge in [0, 0.05) is 10.7 Å². The van der Waals surface area contributed by atoms with Crippen molar-refractivity contribution in [1.82, 2.24) is 4.98 Å². The lowest BCUT2D eigenvalue weighted by atomic mass is 10.2. The zero-order valence-corrected chi connectivity index (χ0v) is 9.40. The van der Waals surface area contributed by atoms with E-state index in [2.05, 4.69) is 4.98 Å². The Labute approximate surface area is 97.4 Å². The Hall–Kier alpha value is -1.28. The van der Waals surface area contributed by atoms with Crippen molar-refractivity contribution in [3.63, 3.8) is 0 Å². The molecule has 0 amide bonds. The third-order valence-electron chi connectivity index (χ3n) is 1.90. The number of hydrogen-bond donors (Lipinski definition) is 0. The van der Waals surface area contributed by atoms with Crippen molar-refractivity contribution in [2.75, 3.05) is 0 Å². The van der Waals surface area contributed by atoms with Gasteiger partial charge in [0.1, 0.15) is 5.52 Å². The van der Waals surface area contributed by atoms with E-state index < -0.39 is 26.0 Å². The van der Waals surface area contributed by atoms with Gasteiger partial charge < -0.3 is 4.42 Å². The Kier molecular flexibility index (Phi) is 2.58. The maximum absolute atomic E-state index is 12.4. The molecule has 1 aromatic heterocycles. The summed E-state index contributed by atoms with van der Waals surface area (Å²) in [7, 11) is 0.754. The molecule has 1 heterocycles. The topological polar surface area (TPSA) is 60.2 Å². The third kappa shape index (κ3) is 2.37. The van der Waals surface area contributed by atoms with E-state index >= 15 is 0 Å². The molecule has 17 heavy (non-hydrogen) atoms. The Bertz CT molecular complexity index is 677. The molecule has 0 saturated carbocycles. The number of oxazole rings is 1. The van der Waals surface area contributed by atoms with Crippen molar-refractivity contribution >= 4 is 30.8 Å². The monoisotopic (exact) mass is 285 g/mol. The summed E-state index contributed by atoms with van der Waals surface area (Å²) in [4.78, 5) is 3.37. The SMILES string of the molecule is O=S(=O)(Cl)c1nc2cc(C(F)(F)F)ccc2o1. The van der Waals surface area contributed by atoms with Gasteiger partial charge in [0.25, 0.3) is 0 Å². The molecule has 4 nitrogen and oxygen atoms in total. The second kappa shape index (κ2) is 3.61. The molecule has 0 aliphatic heterocycles. The predicted octanol–water partition coefficient (Wildman–Crippen LogP) is 2.77. The van der Waals surface area contributed by atoms with E-state index in [-0.39, 0.29) is 11.1 Å². The molecule has 0 atom stereocenters. The minimum atomic E-state index is -4.53. The third-order valence-corrected chi connectivity index (χ3v) is 2.89. The first-order chi connectivity index (χ1) is 7.68. The Morgan fingerprint density at radius 1 is 1.29 bits per heavy atom. The molecule has 0 unspecified atom stereocenters. The lowest BCUT2D eigenvalue weighted by Gasteiger charge is -2.04. The van der Waals surface area contributed by atoms with E-state index in [9.17, 15) is 21.6 Å². The van der Waals surface area contributed by atoms with Crippen LogP contribution in [0, 0.1) is 0 Å². The standard InChI is InChI=1S/C8H3ClF3NO3S/c9-17(14,15)7-13-5-3-4(8(10,11)12)1-2-6(5)16-7/h1-3H. The molecule has 0 fully saturated rings. The summed E-state index contributed by atoms with van der Waals surface area (Å²) < 4.78 is 63.5. The minimum Gasteiger partial charge on any atom is -0.427 e. The summed E-state index contributed by atoms with van der Waals surface area (Å²) in [6.07, 6.45) is -4.53. The predicted molar refractivity (Wildman–Crippen MR) is 52.0 cm³/mol. The molecule has 1 aromatic carbocycles. The average molecular weight is 286 g/mol. The number of alkyl halides is 3. The highest BCUT2D eigenvalue weighted by atomic mass is 35.7. The molecule has 9 heteroatoms. The zero-order chi connectivity index (χ0) is 12.8. The summed E-state index contributed by atoms with van der Waals surface area (Å²) in [5, 5.41) is -0.825. The fourth-order valence-corrected chi connectivity index (χ4v) is 1.78. The van der Waals surface area contributed by atoms with Crippen LogP contribution in [0.3, 0.4) is 0 Å². The van der Waals surface area contributed by atoms with Gasteiger partial charge in [-0.3, -0.25) is 0 Å². The van der Waals surface area contributed by atoms with Gasteiger partial charge in [-0.25, -0.2) is 8.42 Å². The van der Waals surface area contributed by atoms with Gasteiger partial charge in [0.15, 0.2) is 5.58 Å². The van der Waals surface area contributed by atoms with Crippen molar-refractivity contribution in [3.05, 3.63) is 23.8 Å². The second-order valence-corrected chi connectivity index (χ2v) is 5.54. The van der Waals surface area contributed by atoms with Gasteiger partial charge in [-0.2, -0.15) is 18.2 Å². The van der Waals surface area contributed by atoms with Crippen LogP contribution in [0.2, 0.25) is 0 Å². The maximum atomic E-state index is 12.4. The van der Waals surface area contributed by atoms with Crippen molar-refractivity contribution < 1.29 is 26.0 Å². The molecular formula is C8H3ClF3NO3S. The van der Waals surface area contributed by atoms with E-state index in [0.29, 0.717) is 6.07 Å². The molecule has 92 valence electrons. The van der Waals surface area contributed by atoms with E-state index in [0.717, 1.165) is 12.1 Å². The van der Waals surface area contributed by atoms with Crippen LogP contribution in [0.25, 0.3) is 11.1 Å². The molecule has 0 bridgehead atoms. The fourth-order valence-electron chi connectivity index (χ4n) is 1.19. The molecule has 0 N–H and O–H groups in total. The number of rotatable bonds is 1. The van der Waals surface area contributed by atoms with Crippen molar-refractivity contribution in [2.45, 2.75) is 11.4 Å². The van der Waals surface area contributed by atoms with E-state index in [1.165, 1.54) is 0 Å². The molecule has 0 aliphatic rings. The van der Waals surface area contributed by atoms with Crippen LogP contribution >= 0.6 is 10.7 Å². The number of benzene rings is 1. The van der Waals surface area contributed by atoms with Gasteiger partial charge in [-0.15, -0.1) is 0 Å². The second-order valence-electron chi connectivity index (χ2n) is 3.10. The highest BCUT2D eigenvalue weighted by Crippen LogP contribution is 2.32. The van der Waals surface area contributed by atoms with Crippen LogP contribution in [-0.4, -0.2) is 13.4 Å². The Morgan fingerprint density at radius 3 is 2.47 bits per heavy atom. The van der Waals surface area contributed by atoms with Crippen LogP contribution in [0.5, 0.6) is 0 Å². The highest BCUT2D eigenvalue weighted by Gasteiger charge is 2.31. The maximum Gasteiger partial charge on any atom is 0.416 e. The summed E-state index contributed by atoms with van der Waals surface area (Å²) in [6, 6.07) is 2.43. The van der Waals surface area contributed by atoms with Gasteiger partial charge in [0.05, 0.1) is 5.56 Å². The number of halogens is 4. The number of fused-ring (bicyclic) bond motifs is 1. The Balaban J connectivity index is 2.64. The van der Waals surface area contributed by atoms with Crippen molar-refractivity contribution in [1.29, 1.82) is 0 Å². The summed E-state index contributed by atoms with van der Waals surface area (Å²) in [6.45, 7) is 0. The average Bonchev–Trinajstić information content (AvgIpc) is 2.57. The van der Waals surface area contributed by atoms with Crippen LogP contribution in [0.1, 0.15) is 5.56 Å². The zero-order valence-electron chi connectivity index (χ0n) is 7.82. The molecule has 2 aromatic rings. The molecule has 0 aliphatic carbocycles. The minimum absolute atomic E-state index is 0.0859. The lowest BCUT2D eigenvalue weighted by Crippen LogP contribution is -2.03. The normalized spacial score (nSPS) is 13.2. The largest absolute Gasteiger partial charge is 0.427 e. The quantitative estimate of drug-likeness (QED) is 0.756. The lowest BCUT2D eigenvalue weighted by molar-refractivity contribution is -0.137. The number of nitrogens with zero attached hydrogens (tertiary/aromatic N) is 1. The smallest absolute Gasteiger partial charge is 0.416 e. The first-order valence-corrected chi connectivity index (χ1v) is 6.41. The van der Waals surface area contributed by atoms with Crippen LogP contribution in [0.15, 0.2) is 27.8 Å². The highest BCUT2D eigenvalue weighted by molar-refractivity contribution is 8.13. The van der Waals surface area contributed by atoms with Gasteiger partial charge in [-0.05, 0) is 18.2 Å². The molecular weight excluding hydrogens is 283 g/mol. The molecule has 0 spiro atoms. The first-order valence-electron chi connectivity index (χ1n) is 4.10. The van der Waals surface area contributed by atoms with Crippen LogP contribution in [-0.2, 0) is 15.2 Å². The fraction of sp³-hybridized carbons (Fsp3) is 0.125. The molecule has 0 saturated heterocycles. The first kappa shape index (κ1) is 12.2. The van der Waals surface area contributed by atoms with Gasteiger partial charge >= 0.3 is 20.4 Å². The van der Waals surface area contributed by atoms with Gasteiger partial charge in [-0.1, -0.05) is 0 Å². The number of hydrogen-bond acceptors (Lipinski definition) is 4. The Morgan fingerprint density at radius 2 is 1.94 bits per heavy atom. The summed E-state index contributed by atoms with van der Waals surface area (Å²) in [5.41, 5.74) is -1.26. The summed E-state index contributed by atoms with van der Waals surface area (Å²) >= 11 is 0. The van der Waals surface area contributed by atoms with E-state index in [4.69, 9.17) is 15.1 Å².